The zero-order valence-corrected chi connectivity index (χ0v) is 11.1. The van der Waals surface area contributed by atoms with Gasteiger partial charge in [-0.25, -0.2) is 4.98 Å². The number of aromatic nitrogens is 4. The third-order valence-electron chi connectivity index (χ3n) is 2.93. The van der Waals surface area contributed by atoms with Gasteiger partial charge in [-0.1, -0.05) is 5.16 Å². The van der Waals surface area contributed by atoms with Gasteiger partial charge in [0.15, 0.2) is 5.82 Å². The van der Waals surface area contributed by atoms with Crippen LogP contribution in [0.4, 0.5) is 13.2 Å². The average Bonchev–Trinajstić information content (AvgIpc) is 2.99. The van der Waals surface area contributed by atoms with Gasteiger partial charge in [0.2, 0.25) is 0 Å². The largest absolute Gasteiger partial charge is 0.389 e. The molecule has 0 radical (unpaired) electrons. The maximum absolute atomic E-state index is 12.2. The van der Waals surface area contributed by atoms with E-state index in [1.54, 1.807) is 18.3 Å². The van der Waals surface area contributed by atoms with Crippen molar-refractivity contribution >= 4 is 5.65 Å². The molecule has 110 valence electrons. The molecule has 3 aromatic rings. The van der Waals surface area contributed by atoms with E-state index in [0.29, 0.717) is 11.2 Å². The number of halogens is 3. The van der Waals surface area contributed by atoms with Crippen LogP contribution in [0.25, 0.3) is 17.1 Å². The second kappa shape index (κ2) is 4.87. The lowest BCUT2D eigenvalue weighted by molar-refractivity contribution is -0.134. The minimum absolute atomic E-state index is 0.0433. The predicted octanol–water partition coefficient (Wildman–Crippen LogP) is 3.19. The van der Waals surface area contributed by atoms with Crippen molar-refractivity contribution < 1.29 is 17.7 Å². The Labute approximate surface area is 117 Å². The van der Waals surface area contributed by atoms with Crippen molar-refractivity contribution in [1.82, 2.24) is 19.5 Å². The zero-order chi connectivity index (χ0) is 15.0. The Bertz CT molecular complexity index is 775. The van der Waals surface area contributed by atoms with Crippen LogP contribution in [0.5, 0.6) is 0 Å². The first-order valence-corrected chi connectivity index (χ1v) is 6.26. The molecule has 0 unspecified atom stereocenters. The fraction of sp³-hybridized carbons (Fsp3) is 0.308. The molecule has 3 heterocycles. The van der Waals surface area contributed by atoms with Gasteiger partial charge >= 0.3 is 6.18 Å². The summed E-state index contributed by atoms with van der Waals surface area (Å²) in [6.07, 6.45) is -1.85. The lowest BCUT2D eigenvalue weighted by Gasteiger charge is -2.01. The highest BCUT2D eigenvalue weighted by molar-refractivity contribution is 5.59. The van der Waals surface area contributed by atoms with E-state index in [0.717, 1.165) is 5.69 Å². The normalized spacial score (nSPS) is 12.2. The summed E-state index contributed by atoms with van der Waals surface area (Å²) in [5.41, 5.74) is 2.20. The number of nitrogens with zero attached hydrogens (tertiary/aromatic N) is 4. The summed E-state index contributed by atoms with van der Waals surface area (Å²) >= 11 is 0. The van der Waals surface area contributed by atoms with Crippen LogP contribution in [0.2, 0.25) is 0 Å². The highest BCUT2D eigenvalue weighted by Crippen LogP contribution is 2.23. The molecule has 0 aliphatic heterocycles. The fourth-order valence-electron chi connectivity index (χ4n) is 1.97. The number of pyridine rings is 1. The van der Waals surface area contributed by atoms with Crippen LogP contribution in [-0.4, -0.2) is 25.7 Å². The summed E-state index contributed by atoms with van der Waals surface area (Å²) in [6.45, 7) is 1.87. The summed E-state index contributed by atoms with van der Waals surface area (Å²) in [5.74, 6) is 0.233. The monoisotopic (exact) mass is 296 g/mol. The molecule has 3 rings (SSSR count). The molecule has 3 aromatic heterocycles. The smallest absolute Gasteiger partial charge is 0.334 e. The third kappa shape index (κ3) is 3.04. The lowest BCUT2D eigenvalue weighted by atomic mass is 10.2. The Morgan fingerprint density at radius 1 is 1.29 bits per heavy atom. The number of hydrogen-bond donors (Lipinski definition) is 0. The molecule has 0 amide bonds. The summed E-state index contributed by atoms with van der Waals surface area (Å²) in [5, 5.41) is 3.57. The summed E-state index contributed by atoms with van der Waals surface area (Å²) in [6, 6.07) is 3.49. The van der Waals surface area contributed by atoms with E-state index in [2.05, 4.69) is 15.1 Å². The molecule has 8 heteroatoms. The molecule has 21 heavy (non-hydrogen) atoms. The van der Waals surface area contributed by atoms with Gasteiger partial charge in [0, 0.05) is 24.4 Å². The molecule has 0 atom stereocenters. The van der Waals surface area contributed by atoms with Crippen molar-refractivity contribution in [2.75, 3.05) is 0 Å². The molecular formula is C13H11F3N4O. The van der Waals surface area contributed by atoms with E-state index >= 15 is 0 Å². The molecule has 0 saturated heterocycles. The number of aryl methyl sites for hydroxylation is 2. The first-order valence-electron chi connectivity index (χ1n) is 6.26. The van der Waals surface area contributed by atoms with Crippen molar-refractivity contribution in [3.8, 4) is 11.5 Å². The zero-order valence-electron chi connectivity index (χ0n) is 11.1. The van der Waals surface area contributed by atoms with Gasteiger partial charge in [0.1, 0.15) is 5.65 Å². The van der Waals surface area contributed by atoms with Crippen molar-refractivity contribution in [3.63, 3.8) is 0 Å². The van der Waals surface area contributed by atoms with E-state index in [4.69, 9.17) is 4.52 Å². The Balaban J connectivity index is 1.83. The van der Waals surface area contributed by atoms with E-state index in [-0.39, 0.29) is 18.1 Å². The molecule has 0 aliphatic rings. The summed E-state index contributed by atoms with van der Waals surface area (Å²) in [7, 11) is 0. The second-order valence-electron chi connectivity index (χ2n) is 4.69. The maximum Gasteiger partial charge on any atom is 0.389 e. The predicted molar refractivity (Wildman–Crippen MR) is 67.6 cm³/mol. The van der Waals surface area contributed by atoms with E-state index in [9.17, 15) is 13.2 Å². The highest BCUT2D eigenvalue weighted by Gasteiger charge is 2.27. The molecule has 0 fully saturated rings. The number of hydrogen-bond acceptors (Lipinski definition) is 4. The fourth-order valence-corrected chi connectivity index (χ4v) is 1.97. The number of fused-ring (bicyclic) bond motifs is 1. The van der Waals surface area contributed by atoms with Gasteiger partial charge in [0.25, 0.3) is 5.89 Å². The van der Waals surface area contributed by atoms with Crippen LogP contribution in [0.3, 0.4) is 0 Å². The first-order chi connectivity index (χ1) is 9.90. The van der Waals surface area contributed by atoms with Crippen LogP contribution >= 0.6 is 0 Å². The topological polar surface area (TPSA) is 56.2 Å². The molecule has 0 saturated carbocycles. The number of imidazole rings is 1. The standard InChI is InChI=1S/C13H11F3N4O/c1-8-7-20-5-3-9(6-11(20)17-8)12-18-10(19-21-12)2-4-13(14,15)16/h3,5-7H,2,4H2,1H3. The van der Waals surface area contributed by atoms with Crippen LogP contribution in [0.1, 0.15) is 17.9 Å². The number of rotatable bonds is 3. The SMILES string of the molecule is Cc1cn2ccc(-c3nc(CCC(F)(F)F)no3)cc2n1. The maximum atomic E-state index is 12.2. The molecule has 5 nitrogen and oxygen atoms in total. The second-order valence-corrected chi connectivity index (χ2v) is 4.69. The van der Waals surface area contributed by atoms with Gasteiger partial charge in [-0.3, -0.25) is 0 Å². The Morgan fingerprint density at radius 2 is 2.10 bits per heavy atom. The van der Waals surface area contributed by atoms with Crippen molar-refractivity contribution in [2.45, 2.75) is 25.9 Å². The van der Waals surface area contributed by atoms with Gasteiger partial charge in [-0.15, -0.1) is 0 Å². The summed E-state index contributed by atoms with van der Waals surface area (Å²) < 4.78 is 43.3. The minimum Gasteiger partial charge on any atom is -0.334 e. The van der Waals surface area contributed by atoms with Gasteiger partial charge in [0.05, 0.1) is 12.1 Å². The highest BCUT2D eigenvalue weighted by atomic mass is 19.4. The van der Waals surface area contributed by atoms with Crippen molar-refractivity contribution in [3.05, 3.63) is 36.0 Å². The van der Waals surface area contributed by atoms with Crippen LogP contribution < -0.4 is 0 Å². The summed E-state index contributed by atoms with van der Waals surface area (Å²) in [4.78, 5) is 8.28. The van der Waals surface area contributed by atoms with Crippen molar-refractivity contribution in [1.29, 1.82) is 0 Å². The molecule has 0 N–H and O–H groups in total. The average molecular weight is 296 g/mol. The van der Waals surface area contributed by atoms with Crippen LogP contribution in [0, 0.1) is 6.92 Å². The Kier molecular flexibility index (Phi) is 3.15. The molecule has 0 aromatic carbocycles. The first kappa shape index (κ1) is 13.6. The number of alkyl halides is 3. The Morgan fingerprint density at radius 3 is 2.86 bits per heavy atom. The molecule has 0 aliphatic carbocycles. The van der Waals surface area contributed by atoms with Crippen LogP contribution in [-0.2, 0) is 6.42 Å². The third-order valence-corrected chi connectivity index (χ3v) is 2.93. The van der Waals surface area contributed by atoms with Crippen LogP contribution in [0.15, 0.2) is 29.0 Å². The van der Waals surface area contributed by atoms with E-state index in [1.165, 1.54) is 0 Å². The van der Waals surface area contributed by atoms with Gasteiger partial charge in [-0.05, 0) is 19.1 Å². The molecular weight excluding hydrogens is 285 g/mol. The Hall–Kier alpha value is -2.38. The lowest BCUT2D eigenvalue weighted by Crippen LogP contribution is -2.09. The van der Waals surface area contributed by atoms with Gasteiger partial charge < -0.3 is 8.92 Å². The van der Waals surface area contributed by atoms with Gasteiger partial charge in [-0.2, -0.15) is 18.2 Å². The van der Waals surface area contributed by atoms with E-state index < -0.39 is 12.6 Å². The quantitative estimate of drug-likeness (QED) is 0.745. The van der Waals surface area contributed by atoms with Crippen molar-refractivity contribution in [2.24, 2.45) is 0 Å². The molecule has 0 spiro atoms. The molecule has 0 bridgehead atoms. The minimum atomic E-state index is -4.23. The van der Waals surface area contributed by atoms with E-state index in [1.807, 2.05) is 17.5 Å².